The van der Waals surface area contributed by atoms with Crippen LogP contribution < -0.4 is 5.90 Å². The third-order valence-corrected chi connectivity index (χ3v) is 1.75. The molecule has 0 aliphatic rings. The number of phenols is 1. The van der Waals surface area contributed by atoms with E-state index in [0.29, 0.717) is 12.0 Å². The normalized spacial score (nSPS) is 10.1. The van der Waals surface area contributed by atoms with E-state index < -0.39 is 4.92 Å². The lowest BCUT2D eigenvalue weighted by Gasteiger charge is -2.02. The summed E-state index contributed by atoms with van der Waals surface area (Å²) in [7, 11) is 0. The van der Waals surface area contributed by atoms with Gasteiger partial charge in [-0.15, -0.1) is 0 Å². The number of benzene rings is 1. The lowest BCUT2D eigenvalue weighted by molar-refractivity contribution is -0.385. The number of nitro groups is 1. The molecule has 0 heterocycles. The molecule has 0 aliphatic carbocycles. The van der Waals surface area contributed by atoms with Crippen molar-refractivity contribution >= 4 is 5.69 Å². The van der Waals surface area contributed by atoms with E-state index >= 15 is 0 Å². The molecule has 14 heavy (non-hydrogen) atoms. The van der Waals surface area contributed by atoms with Crippen molar-refractivity contribution in [3.05, 3.63) is 33.9 Å². The average Bonchev–Trinajstić information content (AvgIpc) is 2.14. The van der Waals surface area contributed by atoms with Crippen LogP contribution in [0.3, 0.4) is 0 Å². The van der Waals surface area contributed by atoms with Crippen LogP contribution in [0.1, 0.15) is 5.56 Å². The molecule has 0 aliphatic heterocycles. The van der Waals surface area contributed by atoms with E-state index in [1.54, 1.807) is 0 Å². The molecule has 0 radical (unpaired) electrons. The van der Waals surface area contributed by atoms with E-state index in [-0.39, 0.29) is 18.0 Å². The lowest BCUT2D eigenvalue weighted by atomic mass is 10.1. The third kappa shape index (κ3) is 2.41. The summed E-state index contributed by atoms with van der Waals surface area (Å²) in [5.41, 5.74) is 0.361. The van der Waals surface area contributed by atoms with Gasteiger partial charge in [0.2, 0.25) is 0 Å². The summed E-state index contributed by atoms with van der Waals surface area (Å²) in [5.74, 6) is 4.80. The Hall–Kier alpha value is -1.66. The molecule has 6 heteroatoms. The number of hydrogen-bond acceptors (Lipinski definition) is 5. The van der Waals surface area contributed by atoms with Crippen molar-refractivity contribution in [3.8, 4) is 5.75 Å². The Morgan fingerprint density at radius 3 is 2.86 bits per heavy atom. The Labute approximate surface area is 80.0 Å². The number of phenolic OH excluding ortho intramolecular Hbond substituents is 1. The Bertz CT molecular complexity index is 340. The van der Waals surface area contributed by atoms with Crippen molar-refractivity contribution in [1.29, 1.82) is 0 Å². The van der Waals surface area contributed by atoms with Crippen LogP contribution in [0.2, 0.25) is 0 Å². The van der Waals surface area contributed by atoms with Crippen LogP contribution in [0.5, 0.6) is 5.75 Å². The van der Waals surface area contributed by atoms with Crippen molar-refractivity contribution in [2.75, 3.05) is 6.61 Å². The van der Waals surface area contributed by atoms with Crippen LogP contribution in [-0.4, -0.2) is 16.6 Å². The second kappa shape index (κ2) is 4.54. The second-order valence-corrected chi connectivity index (χ2v) is 2.69. The summed E-state index contributed by atoms with van der Waals surface area (Å²) in [4.78, 5) is 14.4. The average molecular weight is 198 g/mol. The summed E-state index contributed by atoms with van der Waals surface area (Å²) in [6.07, 6.45) is 0.293. The minimum Gasteiger partial charge on any atom is -0.508 e. The van der Waals surface area contributed by atoms with Gasteiger partial charge in [-0.3, -0.25) is 10.1 Å². The van der Waals surface area contributed by atoms with Crippen molar-refractivity contribution in [2.45, 2.75) is 6.42 Å². The topological polar surface area (TPSA) is 98.6 Å². The zero-order valence-electron chi connectivity index (χ0n) is 7.34. The van der Waals surface area contributed by atoms with E-state index in [9.17, 15) is 10.1 Å². The smallest absolute Gasteiger partial charge is 0.272 e. The van der Waals surface area contributed by atoms with Gasteiger partial charge in [-0.2, -0.15) is 0 Å². The fraction of sp³-hybridized carbons (Fsp3) is 0.250. The molecule has 0 spiro atoms. The fourth-order valence-electron chi connectivity index (χ4n) is 1.12. The zero-order chi connectivity index (χ0) is 10.6. The number of hydrogen-bond donors (Lipinski definition) is 2. The van der Waals surface area contributed by atoms with E-state index in [4.69, 9.17) is 11.0 Å². The van der Waals surface area contributed by atoms with Gasteiger partial charge in [-0.05, 0) is 12.1 Å². The van der Waals surface area contributed by atoms with Gasteiger partial charge in [0.15, 0.2) is 0 Å². The van der Waals surface area contributed by atoms with Gasteiger partial charge in [-0.25, -0.2) is 5.90 Å². The Morgan fingerprint density at radius 2 is 2.29 bits per heavy atom. The highest BCUT2D eigenvalue weighted by Crippen LogP contribution is 2.23. The molecule has 0 amide bonds. The maximum absolute atomic E-state index is 10.5. The summed E-state index contributed by atoms with van der Waals surface area (Å²) in [6.45, 7) is 0.171. The number of nitrogens with zero attached hydrogens (tertiary/aromatic N) is 1. The maximum Gasteiger partial charge on any atom is 0.272 e. The molecule has 3 N–H and O–H groups in total. The molecule has 0 unspecified atom stereocenters. The quantitative estimate of drug-likeness (QED) is 0.549. The van der Waals surface area contributed by atoms with Crippen LogP contribution >= 0.6 is 0 Å². The first kappa shape index (κ1) is 10.4. The molecule has 6 nitrogen and oxygen atoms in total. The largest absolute Gasteiger partial charge is 0.508 e. The molecule has 1 rings (SSSR count). The van der Waals surface area contributed by atoms with Gasteiger partial charge in [-0.1, -0.05) is 0 Å². The van der Waals surface area contributed by atoms with Gasteiger partial charge in [0.05, 0.1) is 11.5 Å². The van der Waals surface area contributed by atoms with Crippen molar-refractivity contribution in [1.82, 2.24) is 0 Å². The Kier molecular flexibility index (Phi) is 3.38. The molecule has 0 bridgehead atoms. The zero-order valence-corrected chi connectivity index (χ0v) is 7.34. The molecule has 1 aromatic carbocycles. The highest BCUT2D eigenvalue weighted by Gasteiger charge is 2.13. The molecule has 0 aromatic heterocycles. The molecular weight excluding hydrogens is 188 g/mol. The summed E-state index contributed by atoms with van der Waals surface area (Å²) >= 11 is 0. The summed E-state index contributed by atoms with van der Waals surface area (Å²) < 4.78 is 0. The molecule has 76 valence electrons. The first-order chi connectivity index (χ1) is 6.65. The van der Waals surface area contributed by atoms with Crippen LogP contribution in [0.15, 0.2) is 18.2 Å². The highest BCUT2D eigenvalue weighted by molar-refractivity contribution is 5.44. The summed E-state index contributed by atoms with van der Waals surface area (Å²) in [6, 6.07) is 3.85. The van der Waals surface area contributed by atoms with E-state index in [2.05, 4.69) is 4.84 Å². The predicted molar refractivity (Wildman–Crippen MR) is 48.6 cm³/mol. The molecular formula is C8H10N2O4. The van der Waals surface area contributed by atoms with Gasteiger partial charge in [0.1, 0.15) is 5.75 Å². The molecule has 0 fully saturated rings. The number of aromatic hydroxyl groups is 1. The maximum atomic E-state index is 10.5. The van der Waals surface area contributed by atoms with Crippen LogP contribution in [-0.2, 0) is 11.3 Å². The Morgan fingerprint density at radius 1 is 1.57 bits per heavy atom. The van der Waals surface area contributed by atoms with Crippen molar-refractivity contribution in [2.24, 2.45) is 5.90 Å². The third-order valence-electron chi connectivity index (χ3n) is 1.75. The lowest BCUT2D eigenvalue weighted by Crippen LogP contribution is -2.05. The molecule has 0 saturated heterocycles. The monoisotopic (exact) mass is 198 g/mol. The number of rotatable bonds is 4. The van der Waals surface area contributed by atoms with E-state index in [1.807, 2.05) is 0 Å². The molecule has 0 saturated carbocycles. The van der Waals surface area contributed by atoms with Crippen LogP contribution in [0, 0.1) is 10.1 Å². The molecule has 1 aromatic rings. The fourth-order valence-corrected chi connectivity index (χ4v) is 1.12. The standard InChI is InChI=1S/C8H10N2O4/c9-14-4-3-6-5-7(11)1-2-8(6)10(12)13/h1-2,5,11H,3-4,9H2. The van der Waals surface area contributed by atoms with Crippen LogP contribution in [0.25, 0.3) is 0 Å². The highest BCUT2D eigenvalue weighted by atomic mass is 16.6. The first-order valence-electron chi connectivity index (χ1n) is 3.93. The van der Waals surface area contributed by atoms with Crippen LogP contribution in [0.4, 0.5) is 5.69 Å². The molecule has 0 atom stereocenters. The summed E-state index contributed by atoms with van der Waals surface area (Å²) in [5, 5.41) is 19.7. The van der Waals surface area contributed by atoms with E-state index in [0.717, 1.165) is 0 Å². The van der Waals surface area contributed by atoms with E-state index in [1.165, 1.54) is 18.2 Å². The van der Waals surface area contributed by atoms with Gasteiger partial charge in [0, 0.05) is 18.1 Å². The van der Waals surface area contributed by atoms with Crippen molar-refractivity contribution < 1.29 is 14.9 Å². The number of nitro benzene ring substituents is 1. The van der Waals surface area contributed by atoms with Gasteiger partial charge >= 0.3 is 0 Å². The van der Waals surface area contributed by atoms with Gasteiger partial charge < -0.3 is 9.94 Å². The predicted octanol–water partition coefficient (Wildman–Crippen LogP) is 0.733. The first-order valence-corrected chi connectivity index (χ1v) is 3.93. The van der Waals surface area contributed by atoms with Gasteiger partial charge in [0.25, 0.3) is 5.69 Å². The SMILES string of the molecule is NOCCc1cc(O)ccc1[N+](=O)[O-]. The number of nitrogens with two attached hydrogens (primary N) is 1. The minimum absolute atomic E-state index is 0.0115. The second-order valence-electron chi connectivity index (χ2n) is 2.69. The minimum atomic E-state index is -0.509. The Balaban J connectivity index is 2.97. The van der Waals surface area contributed by atoms with Crippen molar-refractivity contribution in [3.63, 3.8) is 0 Å².